The van der Waals surface area contributed by atoms with Gasteiger partial charge >= 0.3 is 0 Å². The number of aromatic nitrogens is 2. The fourth-order valence-corrected chi connectivity index (χ4v) is 2.96. The van der Waals surface area contributed by atoms with Crippen molar-refractivity contribution in [3.8, 4) is 17.5 Å². The minimum Gasteiger partial charge on any atom is -0.489 e. The van der Waals surface area contributed by atoms with Crippen LogP contribution in [0.4, 0.5) is 0 Å². The largest absolute Gasteiger partial charge is 0.489 e. The molecule has 4 aromatic rings. The molecule has 0 aliphatic carbocycles. The Hall–Kier alpha value is -4.15. The highest BCUT2D eigenvalue weighted by atomic mass is 16.5. The predicted octanol–water partition coefficient (Wildman–Crippen LogP) is 3.60. The van der Waals surface area contributed by atoms with E-state index in [4.69, 9.17) is 15.2 Å². The molecular formula is C22H16N4O3. The number of benzene rings is 3. The number of hydrogen-bond donors (Lipinski definition) is 2. The van der Waals surface area contributed by atoms with E-state index in [2.05, 4.69) is 11.1 Å². The summed E-state index contributed by atoms with van der Waals surface area (Å²) >= 11 is 0. The summed E-state index contributed by atoms with van der Waals surface area (Å²) in [6.45, 7) is 0.401. The van der Waals surface area contributed by atoms with Crippen LogP contribution in [-0.2, 0) is 6.61 Å². The van der Waals surface area contributed by atoms with Gasteiger partial charge in [-0.15, -0.1) is 0 Å². The molecule has 7 nitrogen and oxygen atoms in total. The number of fused-ring (bicyclic) bond motifs is 1. The van der Waals surface area contributed by atoms with Gasteiger partial charge in [0.05, 0.1) is 22.7 Å². The highest BCUT2D eigenvalue weighted by Crippen LogP contribution is 2.22. The molecule has 0 radical (unpaired) electrons. The fraction of sp³-hybridized carbons (Fsp3) is 0.0455. The van der Waals surface area contributed by atoms with E-state index in [0.29, 0.717) is 23.5 Å². The van der Waals surface area contributed by atoms with Crippen molar-refractivity contribution in [1.82, 2.24) is 15.0 Å². The SMILES string of the molecule is N#Cc1ccc(COc2ccc(-n3cnc4ccc(C(=O)NO)cc43)cc2)cc1. The van der Waals surface area contributed by atoms with Crippen LogP contribution in [0.3, 0.4) is 0 Å². The van der Waals surface area contributed by atoms with Gasteiger partial charge in [0.25, 0.3) is 5.91 Å². The highest BCUT2D eigenvalue weighted by molar-refractivity contribution is 5.96. The van der Waals surface area contributed by atoms with Gasteiger partial charge < -0.3 is 4.74 Å². The molecule has 29 heavy (non-hydrogen) atoms. The van der Waals surface area contributed by atoms with Crippen molar-refractivity contribution in [3.63, 3.8) is 0 Å². The topological polar surface area (TPSA) is 100 Å². The first kappa shape index (κ1) is 18.2. The van der Waals surface area contributed by atoms with E-state index < -0.39 is 5.91 Å². The molecule has 1 amide bonds. The lowest BCUT2D eigenvalue weighted by Gasteiger charge is -2.09. The predicted molar refractivity (Wildman–Crippen MR) is 106 cm³/mol. The van der Waals surface area contributed by atoms with Crippen LogP contribution in [0.15, 0.2) is 73.1 Å². The van der Waals surface area contributed by atoms with Gasteiger partial charge in [0.1, 0.15) is 18.7 Å². The first-order valence-electron chi connectivity index (χ1n) is 8.82. The Balaban J connectivity index is 1.53. The van der Waals surface area contributed by atoms with Gasteiger partial charge in [0.2, 0.25) is 0 Å². The summed E-state index contributed by atoms with van der Waals surface area (Å²) < 4.78 is 7.66. The van der Waals surface area contributed by atoms with Crippen molar-refractivity contribution in [1.29, 1.82) is 5.26 Å². The minimum absolute atomic E-state index is 0.337. The van der Waals surface area contributed by atoms with Gasteiger partial charge in [0, 0.05) is 11.3 Å². The zero-order valence-electron chi connectivity index (χ0n) is 15.2. The average molecular weight is 384 g/mol. The maximum absolute atomic E-state index is 11.7. The molecule has 0 bridgehead atoms. The normalized spacial score (nSPS) is 10.5. The number of hydroxylamine groups is 1. The van der Waals surface area contributed by atoms with Crippen LogP contribution < -0.4 is 10.2 Å². The minimum atomic E-state index is -0.578. The molecule has 0 spiro atoms. The van der Waals surface area contributed by atoms with E-state index in [0.717, 1.165) is 22.3 Å². The molecule has 1 heterocycles. The molecule has 142 valence electrons. The molecule has 0 aliphatic rings. The Morgan fingerprint density at radius 1 is 1.10 bits per heavy atom. The molecule has 2 N–H and O–H groups in total. The van der Waals surface area contributed by atoms with Gasteiger partial charge in [-0.3, -0.25) is 14.6 Å². The second kappa shape index (κ2) is 7.84. The first-order chi connectivity index (χ1) is 14.2. The summed E-state index contributed by atoms with van der Waals surface area (Å²) in [6.07, 6.45) is 1.68. The van der Waals surface area contributed by atoms with E-state index in [-0.39, 0.29) is 0 Å². The third-order valence-electron chi connectivity index (χ3n) is 4.51. The van der Waals surface area contributed by atoms with Crippen molar-refractivity contribution >= 4 is 16.9 Å². The van der Waals surface area contributed by atoms with E-state index in [1.54, 1.807) is 42.1 Å². The highest BCUT2D eigenvalue weighted by Gasteiger charge is 2.10. The zero-order valence-corrected chi connectivity index (χ0v) is 15.2. The third-order valence-corrected chi connectivity index (χ3v) is 4.51. The molecule has 3 aromatic carbocycles. The lowest BCUT2D eigenvalue weighted by Crippen LogP contribution is -2.18. The average Bonchev–Trinajstić information content (AvgIpc) is 3.21. The van der Waals surface area contributed by atoms with Crippen LogP contribution in [0, 0.1) is 11.3 Å². The first-order valence-corrected chi connectivity index (χ1v) is 8.82. The zero-order chi connectivity index (χ0) is 20.2. The van der Waals surface area contributed by atoms with Gasteiger partial charge in [-0.25, -0.2) is 10.5 Å². The summed E-state index contributed by atoms with van der Waals surface area (Å²) in [5.41, 5.74) is 5.91. The van der Waals surface area contributed by atoms with Crippen LogP contribution in [0.5, 0.6) is 5.75 Å². The maximum atomic E-state index is 11.7. The van der Waals surface area contributed by atoms with Crippen molar-refractivity contribution in [2.75, 3.05) is 0 Å². The van der Waals surface area contributed by atoms with Gasteiger partial charge in [-0.1, -0.05) is 12.1 Å². The van der Waals surface area contributed by atoms with Gasteiger partial charge in [0.15, 0.2) is 0 Å². The van der Waals surface area contributed by atoms with E-state index >= 15 is 0 Å². The van der Waals surface area contributed by atoms with Crippen LogP contribution in [-0.4, -0.2) is 20.7 Å². The number of nitrogens with one attached hydrogen (secondary N) is 1. The molecule has 0 aliphatic heterocycles. The monoisotopic (exact) mass is 384 g/mol. The second-order valence-corrected chi connectivity index (χ2v) is 6.35. The molecule has 1 aromatic heterocycles. The standard InChI is InChI=1S/C22H16N4O3/c23-12-15-1-3-16(4-2-15)13-29-19-8-6-18(7-9-19)26-14-24-20-10-5-17(11-21(20)26)22(27)25-28/h1-11,14,28H,13H2,(H,25,27). The summed E-state index contributed by atoms with van der Waals surface area (Å²) in [4.78, 5) is 16.0. The molecular weight excluding hydrogens is 368 g/mol. The molecule has 4 rings (SSSR count). The summed E-state index contributed by atoms with van der Waals surface area (Å²) in [7, 11) is 0. The van der Waals surface area contributed by atoms with Crippen LogP contribution in [0.2, 0.25) is 0 Å². The van der Waals surface area contributed by atoms with Crippen molar-refractivity contribution < 1.29 is 14.7 Å². The Morgan fingerprint density at radius 2 is 1.86 bits per heavy atom. The summed E-state index contributed by atoms with van der Waals surface area (Å²) in [5.74, 6) is 0.133. The Kier molecular flexibility index (Phi) is 4.93. The van der Waals surface area contributed by atoms with E-state index in [1.807, 2.05) is 41.0 Å². The van der Waals surface area contributed by atoms with E-state index in [1.165, 1.54) is 0 Å². The van der Waals surface area contributed by atoms with Crippen LogP contribution in [0.25, 0.3) is 16.7 Å². The number of amides is 1. The summed E-state index contributed by atoms with van der Waals surface area (Å²) in [5, 5.41) is 17.7. The molecule has 7 heteroatoms. The lowest BCUT2D eigenvalue weighted by atomic mass is 10.1. The number of carbonyl (C=O) groups excluding carboxylic acids is 1. The third kappa shape index (κ3) is 3.78. The maximum Gasteiger partial charge on any atom is 0.274 e. The Bertz CT molecular complexity index is 1210. The number of carbonyl (C=O) groups is 1. The van der Waals surface area contributed by atoms with Crippen LogP contribution >= 0.6 is 0 Å². The van der Waals surface area contributed by atoms with Crippen molar-refractivity contribution in [2.24, 2.45) is 0 Å². The number of imidazole rings is 1. The molecule has 0 saturated carbocycles. The van der Waals surface area contributed by atoms with Crippen molar-refractivity contribution in [3.05, 3.63) is 89.7 Å². The van der Waals surface area contributed by atoms with Crippen LogP contribution in [0.1, 0.15) is 21.5 Å². The quantitative estimate of drug-likeness (QED) is 0.405. The number of nitriles is 1. The van der Waals surface area contributed by atoms with E-state index in [9.17, 15) is 4.79 Å². The van der Waals surface area contributed by atoms with Gasteiger partial charge in [-0.05, 0) is 60.2 Å². The number of ether oxygens (including phenoxy) is 1. The second-order valence-electron chi connectivity index (χ2n) is 6.35. The number of rotatable bonds is 5. The smallest absolute Gasteiger partial charge is 0.274 e. The fourth-order valence-electron chi connectivity index (χ4n) is 2.96. The number of nitrogens with zero attached hydrogens (tertiary/aromatic N) is 3. The molecule has 0 saturated heterocycles. The molecule has 0 unspecified atom stereocenters. The van der Waals surface area contributed by atoms with Gasteiger partial charge in [-0.2, -0.15) is 5.26 Å². The van der Waals surface area contributed by atoms with Crippen molar-refractivity contribution in [2.45, 2.75) is 6.61 Å². The Labute approximate surface area is 166 Å². The Morgan fingerprint density at radius 3 is 2.55 bits per heavy atom. The number of hydrogen-bond acceptors (Lipinski definition) is 5. The lowest BCUT2D eigenvalue weighted by molar-refractivity contribution is 0.0706. The summed E-state index contributed by atoms with van der Waals surface area (Å²) in [6, 6.07) is 21.9. The molecule has 0 atom stereocenters. The molecule has 0 fully saturated rings.